The van der Waals surface area contributed by atoms with E-state index < -0.39 is 18.1 Å². The minimum atomic E-state index is -0.686. The summed E-state index contributed by atoms with van der Waals surface area (Å²) < 4.78 is 0. The molecule has 4 rings (SSSR count). The molecule has 0 unspecified atom stereocenters. The first kappa shape index (κ1) is 25.7. The molecule has 0 aromatic heterocycles. The van der Waals surface area contributed by atoms with Gasteiger partial charge in [0.25, 0.3) is 0 Å². The van der Waals surface area contributed by atoms with Gasteiger partial charge in [-0.2, -0.15) is 0 Å². The molecule has 3 amide bonds. The van der Waals surface area contributed by atoms with Crippen molar-refractivity contribution in [2.45, 2.75) is 56.8 Å². The lowest BCUT2D eigenvalue weighted by Crippen LogP contribution is -2.56. The van der Waals surface area contributed by atoms with Gasteiger partial charge in [0.15, 0.2) is 0 Å². The van der Waals surface area contributed by atoms with Crippen LogP contribution in [0.15, 0.2) is 60.7 Å². The van der Waals surface area contributed by atoms with Gasteiger partial charge < -0.3 is 21.3 Å². The minimum Gasteiger partial charge on any atom is -0.343 e. The van der Waals surface area contributed by atoms with Crippen molar-refractivity contribution in [2.24, 2.45) is 11.7 Å². The van der Waals surface area contributed by atoms with E-state index in [0.717, 1.165) is 30.4 Å². The molecule has 2 aromatic rings. The van der Waals surface area contributed by atoms with Gasteiger partial charge in [0.2, 0.25) is 17.7 Å². The zero-order valence-corrected chi connectivity index (χ0v) is 20.2. The Morgan fingerprint density at radius 3 is 1.97 bits per heavy atom. The Labute approximate surface area is 206 Å². The van der Waals surface area contributed by atoms with Gasteiger partial charge in [0, 0.05) is 6.54 Å². The van der Waals surface area contributed by atoms with Gasteiger partial charge in [-0.3, -0.25) is 14.4 Å². The van der Waals surface area contributed by atoms with Crippen LogP contribution in [0.3, 0.4) is 0 Å². The summed E-state index contributed by atoms with van der Waals surface area (Å²) in [6, 6.07) is 17.5. The highest BCUT2D eigenvalue weighted by molar-refractivity contribution is 5.94. The number of benzene rings is 2. The molecule has 0 bridgehead atoms. The predicted molar refractivity (Wildman–Crippen MR) is 133 cm³/mol. The smallest absolute Gasteiger partial charge is 0.246 e. The summed E-state index contributed by atoms with van der Waals surface area (Å²) >= 11 is 0. The van der Waals surface area contributed by atoms with Crippen molar-refractivity contribution in [3.63, 3.8) is 0 Å². The number of hydrogen-bond acceptors (Lipinski definition) is 4. The molecule has 1 heterocycles. The number of rotatable bonds is 8. The number of nitrogens with two attached hydrogens (primary N) is 1. The molecular formula is C26H33ClN4O3. The average Bonchev–Trinajstić information content (AvgIpc) is 3.56. The Balaban J connectivity index is 0.00000324. The van der Waals surface area contributed by atoms with E-state index in [2.05, 4.69) is 10.6 Å². The molecule has 1 aliphatic heterocycles. The molecule has 1 saturated heterocycles. The van der Waals surface area contributed by atoms with E-state index in [-0.39, 0.29) is 42.1 Å². The molecule has 4 N–H and O–H groups in total. The maximum absolute atomic E-state index is 13.4. The molecule has 2 aromatic carbocycles. The summed E-state index contributed by atoms with van der Waals surface area (Å²) in [5, 5.41) is 6.00. The number of nitrogens with one attached hydrogen (secondary N) is 2. The number of amides is 3. The lowest BCUT2D eigenvalue weighted by atomic mass is 9.98. The quantitative estimate of drug-likeness (QED) is 0.535. The molecule has 0 radical (unpaired) electrons. The van der Waals surface area contributed by atoms with Crippen LogP contribution in [0.4, 0.5) is 0 Å². The fourth-order valence-electron chi connectivity index (χ4n) is 4.47. The van der Waals surface area contributed by atoms with Crippen molar-refractivity contribution in [2.75, 3.05) is 6.54 Å². The first-order valence-electron chi connectivity index (χ1n) is 11.7. The minimum absolute atomic E-state index is 0. The topological polar surface area (TPSA) is 105 Å². The second-order valence-corrected chi connectivity index (χ2v) is 9.06. The molecule has 3 atom stereocenters. The van der Waals surface area contributed by atoms with Crippen molar-refractivity contribution in [3.8, 4) is 0 Å². The van der Waals surface area contributed by atoms with Gasteiger partial charge in [-0.1, -0.05) is 60.7 Å². The van der Waals surface area contributed by atoms with E-state index in [1.54, 1.807) is 11.8 Å². The average molecular weight is 485 g/mol. The monoisotopic (exact) mass is 484 g/mol. The zero-order chi connectivity index (χ0) is 23.4. The van der Waals surface area contributed by atoms with Crippen molar-refractivity contribution in [1.82, 2.24) is 15.5 Å². The van der Waals surface area contributed by atoms with E-state index in [9.17, 15) is 14.4 Å². The van der Waals surface area contributed by atoms with E-state index in [4.69, 9.17) is 5.73 Å². The maximum atomic E-state index is 13.4. The van der Waals surface area contributed by atoms with Crippen LogP contribution < -0.4 is 16.4 Å². The van der Waals surface area contributed by atoms with Gasteiger partial charge in [-0.15, -0.1) is 12.4 Å². The summed E-state index contributed by atoms with van der Waals surface area (Å²) in [7, 11) is 0. The summed E-state index contributed by atoms with van der Waals surface area (Å²) in [5.74, 6) is -0.577. The normalized spacial score (nSPS) is 19.1. The molecule has 1 aliphatic carbocycles. The fraction of sp³-hybridized carbons (Fsp3) is 0.423. The molecule has 182 valence electrons. The highest BCUT2D eigenvalue weighted by Crippen LogP contribution is 2.35. The molecule has 34 heavy (non-hydrogen) atoms. The Morgan fingerprint density at radius 2 is 1.47 bits per heavy atom. The van der Waals surface area contributed by atoms with Crippen LogP contribution in [0.5, 0.6) is 0 Å². The van der Waals surface area contributed by atoms with Gasteiger partial charge in [0.05, 0.1) is 12.1 Å². The summed E-state index contributed by atoms with van der Waals surface area (Å²) in [5.41, 5.74) is 7.66. The van der Waals surface area contributed by atoms with Gasteiger partial charge in [-0.25, -0.2) is 0 Å². The second kappa shape index (κ2) is 11.5. The number of likely N-dealkylation sites (tertiary alicyclic amines) is 1. The van der Waals surface area contributed by atoms with Gasteiger partial charge in [-0.05, 0) is 49.7 Å². The van der Waals surface area contributed by atoms with E-state index in [1.807, 2.05) is 60.7 Å². The number of hydrogen-bond donors (Lipinski definition) is 3. The molecule has 0 spiro atoms. The standard InChI is InChI=1S/C26H32N4O3.ClH/c1-17(27)24(31)29-23(20-14-15-20)26(33)30-16-8-13-21(30)25(32)28-22(18-9-4-2-5-10-18)19-11-6-3-7-12-19;/h2-7,9-12,17,20-23H,8,13-16,27H2,1H3,(H,28,32)(H,29,31);1H/t17-,21-,23-;/m0./s1. The number of halogens is 1. The first-order valence-corrected chi connectivity index (χ1v) is 11.7. The van der Waals surface area contributed by atoms with Crippen LogP contribution in [0, 0.1) is 5.92 Å². The van der Waals surface area contributed by atoms with Crippen LogP contribution >= 0.6 is 12.4 Å². The second-order valence-electron chi connectivity index (χ2n) is 9.06. The molecule has 2 fully saturated rings. The molecule has 2 aliphatic rings. The molecule has 1 saturated carbocycles. The van der Waals surface area contributed by atoms with Crippen LogP contribution in [0.2, 0.25) is 0 Å². The largest absolute Gasteiger partial charge is 0.343 e. The third kappa shape index (κ3) is 5.96. The molecule has 7 nitrogen and oxygen atoms in total. The third-order valence-electron chi connectivity index (χ3n) is 6.46. The van der Waals surface area contributed by atoms with Crippen LogP contribution in [0.25, 0.3) is 0 Å². The van der Waals surface area contributed by atoms with Crippen LogP contribution in [0.1, 0.15) is 49.8 Å². The third-order valence-corrected chi connectivity index (χ3v) is 6.46. The Morgan fingerprint density at radius 1 is 0.912 bits per heavy atom. The van der Waals surface area contributed by atoms with E-state index in [0.29, 0.717) is 13.0 Å². The number of nitrogens with zero attached hydrogens (tertiary/aromatic N) is 1. The SMILES string of the molecule is C[C@H](N)C(=O)N[C@H](C(=O)N1CCC[C@H]1C(=O)NC(c1ccccc1)c1ccccc1)C1CC1.Cl. The van der Waals surface area contributed by atoms with Crippen molar-refractivity contribution >= 4 is 30.1 Å². The number of carbonyl (C=O) groups is 3. The van der Waals surface area contributed by atoms with Gasteiger partial charge >= 0.3 is 0 Å². The van der Waals surface area contributed by atoms with Crippen molar-refractivity contribution in [1.29, 1.82) is 0 Å². The predicted octanol–water partition coefficient (Wildman–Crippen LogP) is 2.55. The highest BCUT2D eigenvalue weighted by Gasteiger charge is 2.44. The Kier molecular flexibility index (Phi) is 8.69. The first-order chi connectivity index (χ1) is 16.0. The zero-order valence-electron chi connectivity index (χ0n) is 19.4. The summed E-state index contributed by atoms with van der Waals surface area (Å²) in [4.78, 5) is 40.7. The Bertz CT molecular complexity index is 943. The van der Waals surface area contributed by atoms with Crippen molar-refractivity contribution in [3.05, 3.63) is 71.8 Å². The maximum Gasteiger partial charge on any atom is 0.246 e. The van der Waals surface area contributed by atoms with E-state index >= 15 is 0 Å². The van der Waals surface area contributed by atoms with Gasteiger partial charge in [0.1, 0.15) is 12.1 Å². The van der Waals surface area contributed by atoms with E-state index in [1.165, 1.54) is 0 Å². The molecular weight excluding hydrogens is 452 g/mol. The number of carbonyl (C=O) groups excluding carboxylic acids is 3. The fourth-order valence-corrected chi connectivity index (χ4v) is 4.47. The lowest BCUT2D eigenvalue weighted by molar-refractivity contribution is -0.142. The van der Waals surface area contributed by atoms with Crippen molar-refractivity contribution < 1.29 is 14.4 Å². The highest BCUT2D eigenvalue weighted by atomic mass is 35.5. The summed E-state index contributed by atoms with van der Waals surface area (Å²) in [6.45, 7) is 2.11. The lowest BCUT2D eigenvalue weighted by Gasteiger charge is -2.30. The summed E-state index contributed by atoms with van der Waals surface area (Å²) in [6.07, 6.45) is 3.14. The molecule has 8 heteroatoms. The van der Waals surface area contributed by atoms with Crippen LogP contribution in [-0.2, 0) is 14.4 Å². The van der Waals surface area contributed by atoms with Crippen LogP contribution in [-0.4, -0.2) is 47.3 Å². The Hall–Kier alpha value is -2.90.